The lowest BCUT2D eigenvalue weighted by molar-refractivity contribution is -0.0509. The molecule has 20 heavy (non-hydrogen) atoms. The van der Waals surface area contributed by atoms with Crippen LogP contribution in [0.15, 0.2) is 30.5 Å². The zero-order valence-electron chi connectivity index (χ0n) is 11.7. The number of fused-ring (bicyclic) bond motifs is 1. The fraction of sp³-hybridized carbons (Fsp3) is 0.500. The molecular weight excluding hydrogens is 258 g/mol. The first-order valence-corrected chi connectivity index (χ1v) is 7.09. The van der Waals surface area contributed by atoms with Crippen LogP contribution in [0.1, 0.15) is 31.2 Å². The van der Waals surface area contributed by atoms with Crippen LogP contribution >= 0.6 is 0 Å². The van der Waals surface area contributed by atoms with Crippen molar-refractivity contribution in [3.8, 4) is 0 Å². The molecular formula is C16H20F2N2. The summed E-state index contributed by atoms with van der Waals surface area (Å²) in [4.78, 5) is 0. The molecule has 0 unspecified atom stereocenters. The second-order valence-electron chi connectivity index (χ2n) is 6.04. The Morgan fingerprint density at radius 1 is 1.15 bits per heavy atom. The standard InChI is InChI=1S/C16H20F2N2/c1-20-9-4-12-2-3-13(10-14(12)20)15(11-19)5-7-16(17,18)8-6-15/h2-4,9-10H,5-8,11,19H2,1H3. The van der Waals surface area contributed by atoms with Gasteiger partial charge in [-0.05, 0) is 35.9 Å². The van der Waals surface area contributed by atoms with Crippen molar-refractivity contribution >= 4 is 10.9 Å². The SMILES string of the molecule is Cn1ccc2ccc(C3(CN)CCC(F)(F)CC3)cc21. The van der Waals surface area contributed by atoms with Crippen molar-refractivity contribution < 1.29 is 8.78 Å². The van der Waals surface area contributed by atoms with E-state index in [-0.39, 0.29) is 18.3 Å². The van der Waals surface area contributed by atoms with Gasteiger partial charge in [-0.1, -0.05) is 12.1 Å². The highest BCUT2D eigenvalue weighted by Crippen LogP contribution is 2.45. The summed E-state index contributed by atoms with van der Waals surface area (Å²) in [5.74, 6) is -2.52. The van der Waals surface area contributed by atoms with E-state index in [1.54, 1.807) is 0 Å². The Hall–Kier alpha value is -1.42. The van der Waals surface area contributed by atoms with Crippen molar-refractivity contribution in [1.82, 2.24) is 4.57 Å². The van der Waals surface area contributed by atoms with Crippen LogP contribution in [0.25, 0.3) is 10.9 Å². The first-order chi connectivity index (χ1) is 9.46. The zero-order chi connectivity index (χ0) is 14.4. The van der Waals surface area contributed by atoms with Crippen LogP contribution in [0.3, 0.4) is 0 Å². The summed E-state index contributed by atoms with van der Waals surface area (Å²) in [5.41, 5.74) is 7.91. The quantitative estimate of drug-likeness (QED) is 0.894. The average molecular weight is 278 g/mol. The summed E-state index contributed by atoms with van der Waals surface area (Å²) < 4.78 is 28.9. The number of rotatable bonds is 2. The largest absolute Gasteiger partial charge is 0.351 e. The molecule has 1 saturated carbocycles. The number of nitrogens with two attached hydrogens (primary N) is 1. The summed E-state index contributed by atoms with van der Waals surface area (Å²) in [7, 11) is 2.00. The second kappa shape index (κ2) is 4.55. The van der Waals surface area contributed by atoms with Gasteiger partial charge in [-0.25, -0.2) is 8.78 Å². The molecule has 3 rings (SSSR count). The normalized spacial score (nSPS) is 21.2. The van der Waals surface area contributed by atoms with E-state index in [9.17, 15) is 8.78 Å². The van der Waals surface area contributed by atoms with Gasteiger partial charge in [-0.3, -0.25) is 0 Å². The number of hydrogen-bond donors (Lipinski definition) is 1. The molecule has 0 atom stereocenters. The van der Waals surface area contributed by atoms with Gasteiger partial charge in [0.25, 0.3) is 0 Å². The van der Waals surface area contributed by atoms with Crippen LogP contribution in [-0.4, -0.2) is 17.0 Å². The number of nitrogens with zero attached hydrogens (tertiary/aromatic N) is 1. The zero-order valence-corrected chi connectivity index (χ0v) is 11.7. The minimum Gasteiger partial charge on any atom is -0.351 e. The third kappa shape index (κ3) is 2.12. The summed E-state index contributed by atoms with van der Waals surface area (Å²) in [6, 6.07) is 8.29. The minimum absolute atomic E-state index is 0.0601. The smallest absolute Gasteiger partial charge is 0.248 e. The maximum Gasteiger partial charge on any atom is 0.248 e. The van der Waals surface area contributed by atoms with Gasteiger partial charge in [0, 0.05) is 43.6 Å². The van der Waals surface area contributed by atoms with E-state index >= 15 is 0 Å². The summed E-state index contributed by atoms with van der Waals surface area (Å²) in [6.45, 7) is 0.430. The highest BCUT2D eigenvalue weighted by atomic mass is 19.3. The lowest BCUT2D eigenvalue weighted by atomic mass is 9.68. The summed E-state index contributed by atoms with van der Waals surface area (Å²) in [6.07, 6.45) is 2.82. The van der Waals surface area contributed by atoms with Crippen LogP contribution in [-0.2, 0) is 12.5 Å². The molecule has 1 aliphatic rings. The van der Waals surface area contributed by atoms with Gasteiger partial charge in [0.15, 0.2) is 0 Å². The summed E-state index contributed by atoms with van der Waals surface area (Å²) in [5, 5.41) is 1.17. The van der Waals surface area contributed by atoms with E-state index in [2.05, 4.69) is 28.8 Å². The molecule has 0 aliphatic heterocycles. The van der Waals surface area contributed by atoms with Gasteiger partial charge in [-0.2, -0.15) is 0 Å². The Kier molecular flexibility index (Phi) is 3.09. The Balaban J connectivity index is 2.01. The molecule has 2 nitrogen and oxygen atoms in total. The maximum atomic E-state index is 13.4. The number of halogens is 2. The predicted molar refractivity (Wildman–Crippen MR) is 77.1 cm³/mol. The highest BCUT2D eigenvalue weighted by Gasteiger charge is 2.43. The van der Waals surface area contributed by atoms with Crippen molar-refractivity contribution in [2.75, 3.05) is 6.54 Å². The number of alkyl halides is 2. The third-order valence-electron chi connectivity index (χ3n) is 4.83. The molecule has 0 radical (unpaired) electrons. The van der Waals surface area contributed by atoms with Gasteiger partial charge in [-0.15, -0.1) is 0 Å². The van der Waals surface area contributed by atoms with Crippen LogP contribution < -0.4 is 5.73 Å². The van der Waals surface area contributed by atoms with Crippen molar-refractivity contribution in [1.29, 1.82) is 0 Å². The number of hydrogen-bond acceptors (Lipinski definition) is 1. The molecule has 1 aliphatic carbocycles. The number of aryl methyl sites for hydroxylation is 1. The molecule has 1 fully saturated rings. The van der Waals surface area contributed by atoms with Gasteiger partial charge in [0.05, 0.1) is 0 Å². The van der Waals surface area contributed by atoms with Crippen LogP contribution in [0.2, 0.25) is 0 Å². The van der Waals surface area contributed by atoms with Gasteiger partial charge in [0.2, 0.25) is 5.92 Å². The van der Waals surface area contributed by atoms with Gasteiger partial charge < -0.3 is 10.3 Å². The third-order valence-corrected chi connectivity index (χ3v) is 4.83. The van der Waals surface area contributed by atoms with Crippen LogP contribution in [0, 0.1) is 0 Å². The molecule has 1 aromatic heterocycles. The van der Waals surface area contributed by atoms with E-state index in [4.69, 9.17) is 5.73 Å². The van der Waals surface area contributed by atoms with Crippen LogP contribution in [0.4, 0.5) is 8.78 Å². The molecule has 108 valence electrons. The lowest BCUT2D eigenvalue weighted by Crippen LogP contribution is -2.42. The topological polar surface area (TPSA) is 30.9 Å². The van der Waals surface area contributed by atoms with Crippen molar-refractivity contribution in [3.05, 3.63) is 36.0 Å². The molecule has 0 spiro atoms. The van der Waals surface area contributed by atoms with Crippen molar-refractivity contribution in [2.24, 2.45) is 12.8 Å². The fourth-order valence-corrected chi connectivity index (χ4v) is 3.30. The van der Waals surface area contributed by atoms with E-state index in [1.807, 2.05) is 13.2 Å². The molecule has 1 heterocycles. The monoisotopic (exact) mass is 278 g/mol. The Bertz CT molecular complexity index is 620. The van der Waals surface area contributed by atoms with E-state index < -0.39 is 5.92 Å². The van der Waals surface area contributed by atoms with Crippen molar-refractivity contribution in [3.63, 3.8) is 0 Å². The molecule has 0 bridgehead atoms. The summed E-state index contributed by atoms with van der Waals surface area (Å²) >= 11 is 0. The Labute approximate surface area is 117 Å². The fourth-order valence-electron chi connectivity index (χ4n) is 3.30. The van der Waals surface area contributed by atoms with E-state index in [1.165, 1.54) is 5.39 Å². The van der Waals surface area contributed by atoms with Crippen LogP contribution in [0.5, 0.6) is 0 Å². The highest BCUT2D eigenvalue weighted by molar-refractivity contribution is 5.81. The predicted octanol–water partition coefficient (Wildman–Crippen LogP) is 3.58. The second-order valence-corrected chi connectivity index (χ2v) is 6.04. The number of benzene rings is 1. The molecule has 0 amide bonds. The number of aromatic nitrogens is 1. The Morgan fingerprint density at radius 2 is 1.85 bits per heavy atom. The minimum atomic E-state index is -2.52. The molecule has 4 heteroatoms. The maximum absolute atomic E-state index is 13.4. The molecule has 1 aromatic carbocycles. The van der Waals surface area contributed by atoms with E-state index in [0.717, 1.165) is 11.1 Å². The lowest BCUT2D eigenvalue weighted by Gasteiger charge is -2.40. The first kappa shape index (κ1) is 13.6. The molecule has 0 saturated heterocycles. The Morgan fingerprint density at radius 3 is 2.50 bits per heavy atom. The average Bonchev–Trinajstić information content (AvgIpc) is 2.81. The van der Waals surface area contributed by atoms with E-state index in [0.29, 0.717) is 19.4 Å². The van der Waals surface area contributed by atoms with Gasteiger partial charge in [0.1, 0.15) is 0 Å². The first-order valence-electron chi connectivity index (χ1n) is 7.09. The van der Waals surface area contributed by atoms with Crippen molar-refractivity contribution in [2.45, 2.75) is 37.0 Å². The van der Waals surface area contributed by atoms with Gasteiger partial charge >= 0.3 is 0 Å². The molecule has 2 aromatic rings. The molecule has 2 N–H and O–H groups in total.